The van der Waals surface area contributed by atoms with Gasteiger partial charge in [-0.3, -0.25) is 9.98 Å². The van der Waals surface area contributed by atoms with Gasteiger partial charge < -0.3 is 10.2 Å². The van der Waals surface area contributed by atoms with Crippen LogP contribution in [-0.4, -0.2) is 24.5 Å². The largest absolute Gasteiger partial charge is 2.00 e. The SMILES string of the molecule is [Ni+2].[O-]c1c(Br)cc(Br)cc1C=NC1CC1.[O-]c1c(Br)cc(Br)cc1C=NC1CC1. The minimum Gasteiger partial charge on any atom is -0.871 e. The summed E-state index contributed by atoms with van der Waals surface area (Å²) in [5.74, 6) is -0.00444. The molecule has 0 atom stereocenters. The van der Waals surface area contributed by atoms with Gasteiger partial charge in [0.2, 0.25) is 0 Å². The van der Waals surface area contributed by atoms with Crippen LogP contribution in [-0.2, 0) is 16.5 Å². The maximum Gasteiger partial charge on any atom is 2.00 e. The first-order chi connectivity index (χ1) is 13.3. The fourth-order valence-electron chi connectivity index (χ4n) is 2.17. The molecule has 0 spiro atoms. The van der Waals surface area contributed by atoms with E-state index in [2.05, 4.69) is 73.7 Å². The van der Waals surface area contributed by atoms with E-state index in [0.717, 1.165) is 34.6 Å². The summed E-state index contributed by atoms with van der Waals surface area (Å²) >= 11 is 13.1. The molecule has 2 aromatic rings. The first-order valence-corrected chi connectivity index (χ1v) is 11.9. The number of hydrogen-bond donors (Lipinski definition) is 0. The predicted molar refractivity (Wildman–Crippen MR) is 124 cm³/mol. The second-order valence-electron chi connectivity index (χ2n) is 6.63. The molecule has 2 saturated carbocycles. The molecule has 0 bridgehead atoms. The first kappa shape index (κ1) is 25.1. The van der Waals surface area contributed by atoms with Crippen molar-refractivity contribution in [3.63, 3.8) is 0 Å². The van der Waals surface area contributed by atoms with Crippen LogP contribution in [0.25, 0.3) is 0 Å². The van der Waals surface area contributed by atoms with E-state index in [-0.39, 0.29) is 28.0 Å². The molecule has 0 aliphatic heterocycles. The van der Waals surface area contributed by atoms with Gasteiger partial charge in [0.1, 0.15) is 0 Å². The molecule has 29 heavy (non-hydrogen) atoms. The molecule has 2 aromatic carbocycles. The summed E-state index contributed by atoms with van der Waals surface area (Å²) in [5.41, 5.74) is 1.27. The van der Waals surface area contributed by atoms with Crippen molar-refractivity contribution in [3.8, 4) is 11.5 Å². The van der Waals surface area contributed by atoms with Gasteiger partial charge >= 0.3 is 16.5 Å². The average molecular weight is 695 g/mol. The maximum absolute atomic E-state index is 11.6. The minimum atomic E-state index is -0.00222. The molecule has 156 valence electrons. The molecule has 4 nitrogen and oxygen atoms in total. The smallest absolute Gasteiger partial charge is 0.871 e. The second kappa shape index (κ2) is 11.4. The van der Waals surface area contributed by atoms with Crippen LogP contribution in [0.1, 0.15) is 36.8 Å². The van der Waals surface area contributed by atoms with Crippen molar-refractivity contribution in [1.82, 2.24) is 0 Å². The van der Waals surface area contributed by atoms with Crippen LogP contribution >= 0.6 is 63.7 Å². The Morgan fingerprint density at radius 2 is 1.03 bits per heavy atom. The zero-order valence-corrected chi connectivity index (χ0v) is 22.3. The van der Waals surface area contributed by atoms with Crippen LogP contribution in [0.15, 0.2) is 52.1 Å². The topological polar surface area (TPSA) is 70.8 Å². The zero-order valence-electron chi connectivity index (χ0n) is 15.0. The van der Waals surface area contributed by atoms with Crippen LogP contribution < -0.4 is 10.2 Å². The van der Waals surface area contributed by atoms with E-state index < -0.39 is 0 Å². The van der Waals surface area contributed by atoms with E-state index in [0.29, 0.717) is 32.2 Å². The molecule has 2 aliphatic carbocycles. The Morgan fingerprint density at radius 3 is 1.34 bits per heavy atom. The molecule has 0 saturated heterocycles. The Bertz CT molecular complexity index is 854. The van der Waals surface area contributed by atoms with Gasteiger partial charge in [0, 0.05) is 30.3 Å². The average Bonchev–Trinajstić information content (AvgIpc) is 3.53. The van der Waals surface area contributed by atoms with Crippen molar-refractivity contribution >= 4 is 76.1 Å². The molecular formula is C20H16Br4N2NiO2. The molecule has 0 N–H and O–H groups in total. The van der Waals surface area contributed by atoms with Crippen LogP contribution in [0, 0.1) is 0 Å². The fraction of sp³-hybridized carbons (Fsp3) is 0.300. The monoisotopic (exact) mass is 690 g/mol. The third-order valence-corrected chi connectivity index (χ3v) is 6.11. The molecule has 4 rings (SSSR count). The Morgan fingerprint density at radius 1 is 0.690 bits per heavy atom. The summed E-state index contributed by atoms with van der Waals surface area (Å²) in [6, 6.07) is 7.98. The summed E-state index contributed by atoms with van der Waals surface area (Å²) < 4.78 is 2.93. The molecule has 0 unspecified atom stereocenters. The van der Waals surface area contributed by atoms with Gasteiger partial charge in [-0.15, -0.1) is 0 Å². The van der Waals surface area contributed by atoms with Crippen LogP contribution in [0.5, 0.6) is 11.5 Å². The maximum atomic E-state index is 11.6. The predicted octanol–water partition coefficient (Wildman–Crippen LogP) is 5.73. The van der Waals surface area contributed by atoms with Crippen molar-refractivity contribution in [3.05, 3.63) is 53.3 Å². The van der Waals surface area contributed by atoms with Crippen LogP contribution in [0.4, 0.5) is 0 Å². The summed E-state index contributed by atoms with van der Waals surface area (Å²) in [4.78, 5) is 8.56. The van der Waals surface area contributed by atoms with Gasteiger partial charge in [-0.25, -0.2) is 0 Å². The standard InChI is InChI=1S/2C10H9Br2NO.Ni/c2*11-7-3-6(5-13-8-1-2-8)10(14)9(12)4-7;/h2*3-5,8,14H,1-2H2;/q;;+2/p-2. The van der Waals surface area contributed by atoms with Gasteiger partial charge in [-0.05, 0) is 61.1 Å². The number of hydrogen-bond acceptors (Lipinski definition) is 4. The van der Waals surface area contributed by atoms with Crippen molar-refractivity contribution in [2.45, 2.75) is 37.8 Å². The zero-order chi connectivity index (χ0) is 20.3. The number of halogens is 4. The van der Waals surface area contributed by atoms with Gasteiger partial charge in [-0.1, -0.05) is 75.2 Å². The number of benzene rings is 2. The fourth-order valence-corrected chi connectivity index (χ4v) is 4.69. The summed E-state index contributed by atoms with van der Waals surface area (Å²) in [6.07, 6.45) is 7.96. The molecule has 9 heteroatoms. The molecule has 0 heterocycles. The molecule has 0 amide bonds. The minimum absolute atomic E-state index is 0. The molecular weight excluding hydrogens is 679 g/mol. The van der Waals surface area contributed by atoms with Gasteiger partial charge in [0.15, 0.2) is 0 Å². The Hall–Kier alpha value is -0.206. The van der Waals surface area contributed by atoms with Crippen molar-refractivity contribution in [1.29, 1.82) is 0 Å². The third-order valence-electron chi connectivity index (χ3n) is 4.02. The van der Waals surface area contributed by atoms with Crippen LogP contribution in [0.3, 0.4) is 0 Å². The number of rotatable bonds is 4. The second-order valence-corrected chi connectivity index (χ2v) is 10.2. The van der Waals surface area contributed by atoms with Crippen molar-refractivity contribution in [2.24, 2.45) is 9.98 Å². The third kappa shape index (κ3) is 8.10. The van der Waals surface area contributed by atoms with E-state index in [1.807, 2.05) is 0 Å². The van der Waals surface area contributed by atoms with E-state index in [9.17, 15) is 10.2 Å². The van der Waals surface area contributed by atoms with Crippen molar-refractivity contribution in [2.75, 3.05) is 0 Å². The van der Waals surface area contributed by atoms with Gasteiger partial charge in [0.05, 0.1) is 12.1 Å². The summed E-state index contributed by atoms with van der Waals surface area (Å²) in [7, 11) is 0. The quantitative estimate of drug-likeness (QED) is 0.303. The normalized spacial score (nSPS) is 15.9. The molecule has 2 aliphatic rings. The van der Waals surface area contributed by atoms with E-state index in [4.69, 9.17) is 0 Å². The molecule has 0 radical (unpaired) electrons. The number of aliphatic imine (C=N–C) groups is 2. The Labute approximate surface area is 213 Å². The summed E-state index contributed by atoms with van der Waals surface area (Å²) in [6.45, 7) is 0. The van der Waals surface area contributed by atoms with Crippen molar-refractivity contribution < 1.29 is 26.7 Å². The molecule has 2 fully saturated rings. The first-order valence-electron chi connectivity index (χ1n) is 8.72. The van der Waals surface area contributed by atoms with E-state index >= 15 is 0 Å². The summed E-state index contributed by atoms with van der Waals surface area (Å²) in [5, 5.41) is 23.2. The van der Waals surface area contributed by atoms with E-state index in [1.165, 1.54) is 0 Å². The Kier molecular flexibility index (Phi) is 9.87. The Balaban J connectivity index is 0.000000200. The van der Waals surface area contributed by atoms with Gasteiger partial charge in [0.25, 0.3) is 0 Å². The van der Waals surface area contributed by atoms with Gasteiger partial charge in [-0.2, -0.15) is 0 Å². The van der Waals surface area contributed by atoms with E-state index in [1.54, 1.807) is 36.7 Å². The number of nitrogens with zero attached hydrogens (tertiary/aromatic N) is 2. The molecule has 0 aromatic heterocycles. The van der Waals surface area contributed by atoms with Crippen LogP contribution in [0.2, 0.25) is 0 Å².